The third-order valence-corrected chi connectivity index (χ3v) is 7.56. The van der Waals surface area contributed by atoms with Gasteiger partial charge in [0.25, 0.3) is 0 Å². The van der Waals surface area contributed by atoms with Crippen molar-refractivity contribution in [2.24, 2.45) is 17.3 Å². The van der Waals surface area contributed by atoms with E-state index in [1.807, 2.05) is 45.0 Å². The Morgan fingerprint density at radius 3 is 2.36 bits per heavy atom. The highest BCUT2D eigenvalue weighted by molar-refractivity contribution is 5.99. The van der Waals surface area contributed by atoms with Crippen LogP contribution in [0.1, 0.15) is 85.1 Å². The number of esters is 1. The number of rotatable bonds is 10. The Morgan fingerprint density at radius 1 is 1.15 bits per heavy atom. The molecule has 9 heteroatoms. The number of hydrogen-bond acceptors (Lipinski definition) is 6. The van der Waals surface area contributed by atoms with Gasteiger partial charge in [0.15, 0.2) is 0 Å². The Bertz CT molecular complexity index is 1030. The van der Waals surface area contributed by atoms with Crippen LogP contribution in [0.3, 0.4) is 0 Å². The SMILES string of the molecule is CC1CCc2ccccc2N(CC(=O)O)C1=O.CCOC(=O)C(CC(=O)NC(C)C)CC1(C(C)=O)CCCC1. The van der Waals surface area contributed by atoms with E-state index in [9.17, 15) is 24.0 Å². The molecule has 1 aromatic carbocycles. The maximum Gasteiger partial charge on any atom is 0.323 e. The maximum absolute atomic E-state index is 12.2. The molecule has 2 aliphatic rings. The summed E-state index contributed by atoms with van der Waals surface area (Å²) in [6, 6.07) is 7.54. The fourth-order valence-electron chi connectivity index (χ4n) is 5.49. The van der Waals surface area contributed by atoms with Crippen LogP contribution < -0.4 is 10.2 Å². The van der Waals surface area contributed by atoms with Crippen molar-refractivity contribution in [3.05, 3.63) is 29.8 Å². The molecule has 1 heterocycles. The zero-order chi connectivity index (χ0) is 29.2. The van der Waals surface area contributed by atoms with Crippen molar-refractivity contribution in [3.8, 4) is 0 Å². The number of fused-ring (bicyclic) bond motifs is 1. The third-order valence-electron chi connectivity index (χ3n) is 7.56. The first-order valence-corrected chi connectivity index (χ1v) is 14.0. The predicted octanol–water partition coefficient (Wildman–Crippen LogP) is 4.31. The summed E-state index contributed by atoms with van der Waals surface area (Å²) in [5.74, 6) is -2.15. The summed E-state index contributed by atoms with van der Waals surface area (Å²) < 4.78 is 5.11. The zero-order valence-electron chi connectivity index (χ0n) is 24.0. The number of benzene rings is 1. The van der Waals surface area contributed by atoms with Crippen molar-refractivity contribution in [1.29, 1.82) is 0 Å². The van der Waals surface area contributed by atoms with E-state index in [0.29, 0.717) is 6.42 Å². The van der Waals surface area contributed by atoms with Crippen LogP contribution in [0.25, 0.3) is 0 Å². The number of carbonyl (C=O) groups excluding carboxylic acids is 4. The zero-order valence-corrected chi connectivity index (χ0v) is 24.0. The number of ketones is 1. The maximum atomic E-state index is 12.2. The molecule has 1 aliphatic heterocycles. The standard InChI is InChI=1S/C17H29NO4.C13H15NO3/c1-5-22-16(21)14(10-15(20)18-12(2)3)11-17(13(4)19)8-6-7-9-17;1-9-6-7-10-4-2-3-5-11(10)14(13(9)17)8-12(15)16/h12,14H,5-11H2,1-4H3,(H,18,20);2-5,9H,6-8H2,1H3,(H,15,16). The Morgan fingerprint density at radius 2 is 1.79 bits per heavy atom. The molecule has 1 aromatic rings. The number of ether oxygens (including phenoxy) is 1. The lowest BCUT2D eigenvalue weighted by Crippen LogP contribution is -2.38. The molecule has 2 unspecified atom stereocenters. The fourth-order valence-corrected chi connectivity index (χ4v) is 5.49. The molecule has 2 N–H and O–H groups in total. The molecule has 0 saturated heterocycles. The highest BCUT2D eigenvalue weighted by Crippen LogP contribution is 2.44. The molecule has 3 rings (SSSR count). The number of nitrogens with one attached hydrogen (secondary N) is 1. The number of hydrogen-bond donors (Lipinski definition) is 2. The number of aliphatic carboxylic acids is 1. The Labute approximate surface area is 231 Å². The van der Waals surface area contributed by atoms with Crippen molar-refractivity contribution in [3.63, 3.8) is 0 Å². The van der Waals surface area contributed by atoms with Gasteiger partial charge in [0.05, 0.1) is 12.5 Å². The van der Waals surface area contributed by atoms with E-state index in [2.05, 4.69) is 5.32 Å². The molecule has 0 spiro atoms. The van der Waals surface area contributed by atoms with E-state index in [1.54, 1.807) is 13.8 Å². The van der Waals surface area contributed by atoms with Crippen LogP contribution in [0.5, 0.6) is 0 Å². The quantitative estimate of drug-likeness (QED) is 0.420. The second-order valence-corrected chi connectivity index (χ2v) is 11.0. The number of para-hydroxylation sites is 1. The van der Waals surface area contributed by atoms with Crippen molar-refractivity contribution in [1.82, 2.24) is 5.32 Å². The van der Waals surface area contributed by atoms with Gasteiger partial charge < -0.3 is 20.1 Å². The van der Waals surface area contributed by atoms with Gasteiger partial charge in [0.2, 0.25) is 11.8 Å². The molecule has 0 bridgehead atoms. The number of amides is 2. The molecule has 216 valence electrons. The smallest absolute Gasteiger partial charge is 0.323 e. The first-order valence-electron chi connectivity index (χ1n) is 14.0. The number of anilines is 1. The molecule has 0 radical (unpaired) electrons. The van der Waals surface area contributed by atoms with E-state index in [0.717, 1.165) is 49.8 Å². The first kappa shape index (κ1) is 32.0. The summed E-state index contributed by atoms with van der Waals surface area (Å²) in [6.07, 6.45) is 5.73. The van der Waals surface area contributed by atoms with Crippen LogP contribution in [0.2, 0.25) is 0 Å². The molecular formula is C30H44N2O7. The van der Waals surface area contributed by atoms with E-state index < -0.39 is 17.3 Å². The first-order chi connectivity index (χ1) is 18.4. The molecule has 1 fully saturated rings. The van der Waals surface area contributed by atoms with Crippen LogP contribution in [0.15, 0.2) is 24.3 Å². The second kappa shape index (κ2) is 14.8. The number of carboxylic acid groups (broad SMARTS) is 1. The number of Topliss-reactive ketones (excluding diaryl/α,β-unsaturated/α-hetero) is 1. The molecule has 0 aromatic heterocycles. The average molecular weight is 545 g/mol. The minimum Gasteiger partial charge on any atom is -0.480 e. The summed E-state index contributed by atoms with van der Waals surface area (Å²) in [5.41, 5.74) is 1.34. The number of aryl methyl sites for hydroxylation is 1. The Balaban J connectivity index is 0.000000282. The molecule has 2 amide bonds. The largest absolute Gasteiger partial charge is 0.480 e. The number of nitrogens with zero attached hydrogens (tertiary/aromatic N) is 1. The van der Waals surface area contributed by atoms with Crippen molar-refractivity contribution >= 4 is 35.2 Å². The van der Waals surface area contributed by atoms with E-state index in [4.69, 9.17) is 9.84 Å². The van der Waals surface area contributed by atoms with Gasteiger partial charge in [0, 0.05) is 29.5 Å². The number of carboxylic acids is 1. The van der Waals surface area contributed by atoms with Crippen LogP contribution in [-0.2, 0) is 35.1 Å². The molecular weight excluding hydrogens is 500 g/mol. The molecule has 9 nitrogen and oxygen atoms in total. The average Bonchev–Trinajstić information content (AvgIpc) is 3.31. The molecule has 1 aliphatic carbocycles. The van der Waals surface area contributed by atoms with E-state index in [1.165, 1.54) is 4.90 Å². The Hall–Kier alpha value is -3.23. The summed E-state index contributed by atoms with van der Waals surface area (Å²) in [6.45, 7) is 8.98. The van der Waals surface area contributed by atoms with Gasteiger partial charge in [0.1, 0.15) is 12.3 Å². The minimum atomic E-state index is -0.984. The van der Waals surface area contributed by atoms with Gasteiger partial charge in [-0.1, -0.05) is 38.0 Å². The Kier molecular flexibility index (Phi) is 12.1. The number of carbonyl (C=O) groups is 5. The topological polar surface area (TPSA) is 130 Å². The van der Waals surface area contributed by atoms with Crippen LogP contribution >= 0.6 is 0 Å². The summed E-state index contributed by atoms with van der Waals surface area (Å²) in [7, 11) is 0. The van der Waals surface area contributed by atoms with Gasteiger partial charge in [-0.15, -0.1) is 0 Å². The van der Waals surface area contributed by atoms with Crippen molar-refractivity contribution in [2.45, 2.75) is 92.0 Å². The van der Waals surface area contributed by atoms with Gasteiger partial charge in [-0.2, -0.15) is 0 Å². The van der Waals surface area contributed by atoms with Crippen molar-refractivity contribution in [2.75, 3.05) is 18.1 Å². The van der Waals surface area contributed by atoms with Gasteiger partial charge in [-0.3, -0.25) is 24.0 Å². The highest BCUT2D eigenvalue weighted by Gasteiger charge is 2.42. The summed E-state index contributed by atoms with van der Waals surface area (Å²) in [4.78, 5) is 60.7. The van der Waals surface area contributed by atoms with Gasteiger partial charge in [-0.05, 0) is 71.4 Å². The summed E-state index contributed by atoms with van der Waals surface area (Å²) in [5, 5.41) is 11.7. The highest BCUT2D eigenvalue weighted by atomic mass is 16.5. The summed E-state index contributed by atoms with van der Waals surface area (Å²) >= 11 is 0. The minimum absolute atomic E-state index is 0.0311. The van der Waals surface area contributed by atoms with Gasteiger partial charge in [-0.25, -0.2) is 0 Å². The lowest BCUT2D eigenvalue weighted by molar-refractivity contribution is -0.152. The normalized spacial score (nSPS) is 18.8. The van der Waals surface area contributed by atoms with E-state index in [-0.39, 0.29) is 55.1 Å². The van der Waals surface area contributed by atoms with Crippen LogP contribution in [-0.4, -0.2) is 53.8 Å². The molecule has 1 saturated carbocycles. The predicted molar refractivity (Wildman–Crippen MR) is 148 cm³/mol. The lowest BCUT2D eigenvalue weighted by Gasteiger charge is -2.29. The van der Waals surface area contributed by atoms with Crippen LogP contribution in [0, 0.1) is 17.3 Å². The second-order valence-electron chi connectivity index (χ2n) is 11.0. The van der Waals surface area contributed by atoms with Gasteiger partial charge >= 0.3 is 11.9 Å². The fraction of sp³-hybridized carbons (Fsp3) is 0.633. The monoisotopic (exact) mass is 544 g/mol. The molecule has 39 heavy (non-hydrogen) atoms. The van der Waals surface area contributed by atoms with E-state index >= 15 is 0 Å². The lowest BCUT2D eigenvalue weighted by atomic mass is 9.74. The van der Waals surface area contributed by atoms with Crippen molar-refractivity contribution < 1.29 is 33.8 Å². The van der Waals surface area contributed by atoms with Crippen LogP contribution in [0.4, 0.5) is 5.69 Å². The molecule has 2 atom stereocenters. The third kappa shape index (κ3) is 9.18.